The van der Waals surface area contributed by atoms with Crippen LogP contribution >= 0.6 is 11.3 Å². The summed E-state index contributed by atoms with van der Waals surface area (Å²) < 4.78 is 31.7. The minimum Gasteiger partial charge on any atom is -0.349 e. The predicted octanol–water partition coefficient (Wildman–Crippen LogP) is 3.20. The number of nitrogens with zero attached hydrogens (tertiary/aromatic N) is 3. The molecule has 3 aromatic heterocycles. The Kier molecular flexibility index (Phi) is 7.21. The van der Waals surface area contributed by atoms with Crippen molar-refractivity contribution in [2.24, 2.45) is 0 Å². The summed E-state index contributed by atoms with van der Waals surface area (Å²) in [7, 11) is -3.66. The van der Waals surface area contributed by atoms with E-state index < -0.39 is 10.0 Å². The number of H-pyrrole nitrogens is 1. The molecule has 0 unspecified atom stereocenters. The lowest BCUT2D eigenvalue weighted by Gasteiger charge is -2.31. The van der Waals surface area contributed by atoms with E-state index in [0.29, 0.717) is 23.3 Å². The number of hydrogen-bond donors (Lipinski definition) is 2. The largest absolute Gasteiger partial charge is 0.349 e. The van der Waals surface area contributed by atoms with E-state index in [1.807, 2.05) is 6.92 Å². The summed E-state index contributed by atoms with van der Waals surface area (Å²) in [6, 6.07) is 12.4. The summed E-state index contributed by atoms with van der Waals surface area (Å²) in [5, 5.41) is 2.08. The van der Waals surface area contributed by atoms with Crippen molar-refractivity contribution in [3.8, 4) is 11.3 Å². The topological polar surface area (TPSA) is 109 Å². The first-order valence-electron chi connectivity index (χ1n) is 12.5. The Bertz CT molecular complexity index is 1610. The van der Waals surface area contributed by atoms with Gasteiger partial charge in [0.1, 0.15) is 5.52 Å². The molecular weight excluding hydrogens is 510 g/mol. The number of aryl methyl sites for hydroxylation is 1. The third-order valence-corrected chi connectivity index (χ3v) is 9.38. The molecule has 0 saturated carbocycles. The van der Waals surface area contributed by atoms with E-state index in [9.17, 15) is 18.0 Å². The molecule has 5 rings (SSSR count). The van der Waals surface area contributed by atoms with Gasteiger partial charge in [0.2, 0.25) is 10.0 Å². The highest BCUT2D eigenvalue weighted by Crippen LogP contribution is 2.24. The Morgan fingerprint density at radius 3 is 2.35 bits per heavy atom. The lowest BCUT2D eigenvalue weighted by Crippen LogP contribution is -2.44. The van der Waals surface area contributed by atoms with Crippen molar-refractivity contribution in [1.82, 2.24) is 23.7 Å². The van der Waals surface area contributed by atoms with Gasteiger partial charge in [0.25, 0.3) is 5.56 Å². The zero-order valence-corrected chi connectivity index (χ0v) is 22.6. The molecule has 1 fully saturated rings. The Balaban J connectivity index is 1.31. The number of hydrogen-bond acceptors (Lipinski definition) is 6. The van der Waals surface area contributed by atoms with Crippen molar-refractivity contribution in [1.29, 1.82) is 0 Å². The van der Waals surface area contributed by atoms with Crippen LogP contribution in [0.1, 0.15) is 31.6 Å². The van der Waals surface area contributed by atoms with Gasteiger partial charge < -0.3 is 4.98 Å². The van der Waals surface area contributed by atoms with Crippen LogP contribution in [-0.4, -0.2) is 46.6 Å². The molecule has 4 heterocycles. The second-order valence-electron chi connectivity index (χ2n) is 9.29. The van der Waals surface area contributed by atoms with Gasteiger partial charge in [-0.25, -0.2) is 17.9 Å². The Labute approximate surface area is 219 Å². The van der Waals surface area contributed by atoms with Crippen molar-refractivity contribution in [3.63, 3.8) is 0 Å². The number of fused-ring (bicyclic) bond motifs is 1. The van der Waals surface area contributed by atoms with Crippen LogP contribution in [0, 0.1) is 0 Å². The highest BCUT2D eigenvalue weighted by Gasteiger charge is 2.25. The molecule has 0 radical (unpaired) electrons. The van der Waals surface area contributed by atoms with Gasteiger partial charge in [0.15, 0.2) is 0 Å². The fourth-order valence-electron chi connectivity index (χ4n) is 4.96. The van der Waals surface area contributed by atoms with Crippen LogP contribution < -0.4 is 16.0 Å². The Hall–Kier alpha value is -2.99. The van der Waals surface area contributed by atoms with Gasteiger partial charge in [0.05, 0.1) is 10.4 Å². The third kappa shape index (κ3) is 5.08. The van der Waals surface area contributed by atoms with Crippen molar-refractivity contribution < 1.29 is 8.42 Å². The van der Waals surface area contributed by atoms with Crippen molar-refractivity contribution in [2.75, 3.05) is 13.1 Å². The van der Waals surface area contributed by atoms with Gasteiger partial charge in [-0.2, -0.15) is 0 Å². The molecule has 0 spiro atoms. The summed E-state index contributed by atoms with van der Waals surface area (Å²) >= 11 is 1.74. The molecule has 0 atom stereocenters. The Morgan fingerprint density at radius 2 is 1.73 bits per heavy atom. The van der Waals surface area contributed by atoms with Crippen LogP contribution in [0.5, 0.6) is 0 Å². The molecule has 37 heavy (non-hydrogen) atoms. The molecular formula is C26H31N5O4S2. The lowest BCUT2D eigenvalue weighted by atomic mass is 10.1. The van der Waals surface area contributed by atoms with Crippen LogP contribution in [-0.2, 0) is 29.7 Å². The van der Waals surface area contributed by atoms with E-state index in [0.717, 1.165) is 38.0 Å². The van der Waals surface area contributed by atoms with E-state index in [-0.39, 0.29) is 28.7 Å². The van der Waals surface area contributed by atoms with Crippen LogP contribution in [0.15, 0.2) is 62.3 Å². The summed E-state index contributed by atoms with van der Waals surface area (Å²) in [6.07, 6.45) is 1.54. The fraction of sp³-hybridized carbons (Fsp3) is 0.385. The van der Waals surface area contributed by atoms with Gasteiger partial charge in [-0.3, -0.25) is 18.8 Å². The number of aromatic nitrogens is 3. The highest BCUT2D eigenvalue weighted by molar-refractivity contribution is 7.89. The molecule has 0 bridgehead atoms. The molecule has 0 aliphatic carbocycles. The minimum absolute atomic E-state index is 0.0931. The zero-order chi connectivity index (χ0) is 26.2. The van der Waals surface area contributed by atoms with E-state index in [4.69, 9.17) is 0 Å². The number of thiophene rings is 1. The summed E-state index contributed by atoms with van der Waals surface area (Å²) in [6.45, 7) is 6.96. The number of benzene rings is 1. The molecule has 1 aliphatic rings. The van der Waals surface area contributed by atoms with Crippen molar-refractivity contribution >= 4 is 32.4 Å². The molecule has 1 aromatic carbocycles. The van der Waals surface area contributed by atoms with Gasteiger partial charge >= 0.3 is 5.69 Å². The van der Waals surface area contributed by atoms with Gasteiger partial charge in [0, 0.05) is 49.3 Å². The molecule has 11 heteroatoms. The van der Waals surface area contributed by atoms with E-state index in [1.54, 1.807) is 53.2 Å². The summed E-state index contributed by atoms with van der Waals surface area (Å²) in [5.41, 5.74) is 1.59. The number of rotatable bonds is 8. The molecule has 1 aliphatic heterocycles. The average Bonchev–Trinajstić information content (AvgIpc) is 3.56. The molecule has 1 saturated heterocycles. The Morgan fingerprint density at radius 1 is 1.03 bits per heavy atom. The van der Waals surface area contributed by atoms with Crippen LogP contribution in [0.2, 0.25) is 0 Å². The van der Waals surface area contributed by atoms with Crippen LogP contribution in [0.25, 0.3) is 22.3 Å². The second kappa shape index (κ2) is 10.4. The van der Waals surface area contributed by atoms with E-state index >= 15 is 0 Å². The van der Waals surface area contributed by atoms with Crippen molar-refractivity contribution in [2.45, 2.75) is 57.3 Å². The molecule has 2 N–H and O–H groups in total. The maximum Gasteiger partial charge on any atom is 0.331 e. The number of aromatic amines is 1. The lowest BCUT2D eigenvalue weighted by molar-refractivity contribution is 0.201. The van der Waals surface area contributed by atoms with Crippen molar-refractivity contribution in [3.05, 3.63) is 73.6 Å². The first-order chi connectivity index (χ1) is 17.8. The van der Waals surface area contributed by atoms with Gasteiger partial charge in [-0.15, -0.1) is 11.3 Å². The standard InChI is InChI=1S/C26H31N5O4S2/c1-3-30-23-16-22(27-24(23)25(32)31(4-2)26(30)33)18-7-9-21(10-8-18)37(34,35)28-19-11-13-29(14-12-19)17-20-6-5-15-36-20/h5-10,15-16,19,27-28H,3-4,11-14,17H2,1-2H3. The van der Waals surface area contributed by atoms with Crippen LogP contribution in [0.4, 0.5) is 0 Å². The molecule has 196 valence electrons. The fourth-order valence-corrected chi connectivity index (χ4v) is 7.01. The first kappa shape index (κ1) is 25.7. The summed E-state index contributed by atoms with van der Waals surface area (Å²) in [4.78, 5) is 32.5. The summed E-state index contributed by atoms with van der Waals surface area (Å²) in [5.74, 6) is 0. The number of nitrogens with one attached hydrogen (secondary N) is 2. The predicted molar refractivity (Wildman–Crippen MR) is 147 cm³/mol. The maximum atomic E-state index is 13.1. The van der Waals surface area contributed by atoms with Gasteiger partial charge in [-0.05, 0) is 61.9 Å². The maximum absolute atomic E-state index is 13.1. The highest BCUT2D eigenvalue weighted by atomic mass is 32.2. The molecule has 0 amide bonds. The van der Waals surface area contributed by atoms with Crippen LogP contribution in [0.3, 0.4) is 0 Å². The number of likely N-dealkylation sites (tertiary alicyclic amines) is 1. The number of piperidine rings is 1. The van der Waals surface area contributed by atoms with E-state index in [1.165, 1.54) is 9.44 Å². The monoisotopic (exact) mass is 541 g/mol. The smallest absolute Gasteiger partial charge is 0.331 e. The first-order valence-corrected chi connectivity index (χ1v) is 14.9. The quantitative estimate of drug-likeness (QED) is 0.356. The molecule has 4 aromatic rings. The van der Waals surface area contributed by atoms with Gasteiger partial charge in [-0.1, -0.05) is 18.2 Å². The normalized spacial score (nSPS) is 15.5. The number of sulfonamides is 1. The zero-order valence-electron chi connectivity index (χ0n) is 20.9. The molecule has 9 nitrogen and oxygen atoms in total. The minimum atomic E-state index is -3.66. The second-order valence-corrected chi connectivity index (χ2v) is 12.0. The SMILES string of the molecule is CCn1c(=O)c2[nH]c(-c3ccc(S(=O)(=O)NC4CCN(Cc5cccs5)CC4)cc3)cc2n(CC)c1=O. The van der Waals surface area contributed by atoms with E-state index in [2.05, 4.69) is 32.1 Å². The average molecular weight is 542 g/mol. The third-order valence-electron chi connectivity index (χ3n) is 6.99.